The van der Waals surface area contributed by atoms with Crippen molar-refractivity contribution in [3.05, 3.63) is 22.9 Å². The molecule has 0 atom stereocenters. The number of rotatable bonds is 3. The first-order chi connectivity index (χ1) is 7.81. The Morgan fingerprint density at radius 3 is 2.35 bits per heavy atom. The number of hydrogen-bond donors (Lipinski definition) is 0. The number of methoxy groups -OCH3 is 1. The summed E-state index contributed by atoms with van der Waals surface area (Å²) in [7, 11) is 0.849. The standard InChI is InChI=1S/C9H6F5NO2/c1-17-8-6(9(12,13)14)5(7(10)11)2-4(3-16)15-8/h2-3,7H,1H3. The summed E-state index contributed by atoms with van der Waals surface area (Å²) in [5.74, 6) is -1.04. The average Bonchev–Trinajstić information content (AvgIpc) is 2.25. The summed E-state index contributed by atoms with van der Waals surface area (Å²) < 4.78 is 66.9. The van der Waals surface area contributed by atoms with E-state index in [9.17, 15) is 26.7 Å². The highest BCUT2D eigenvalue weighted by atomic mass is 19.4. The Morgan fingerprint density at radius 1 is 1.41 bits per heavy atom. The number of nitrogens with zero attached hydrogens (tertiary/aromatic N) is 1. The highest BCUT2D eigenvalue weighted by Gasteiger charge is 2.40. The van der Waals surface area contributed by atoms with E-state index in [2.05, 4.69) is 9.72 Å². The maximum atomic E-state index is 12.6. The molecule has 0 amide bonds. The number of aldehydes is 1. The van der Waals surface area contributed by atoms with Crippen molar-refractivity contribution in [2.24, 2.45) is 0 Å². The molecule has 0 aliphatic rings. The van der Waals surface area contributed by atoms with Gasteiger partial charge in [0.15, 0.2) is 6.29 Å². The number of hydrogen-bond acceptors (Lipinski definition) is 3. The van der Waals surface area contributed by atoms with Crippen LogP contribution in [0.3, 0.4) is 0 Å². The van der Waals surface area contributed by atoms with Crippen LogP contribution in [0.2, 0.25) is 0 Å². The Labute approximate surface area is 92.2 Å². The molecule has 0 saturated carbocycles. The van der Waals surface area contributed by atoms with Crippen molar-refractivity contribution in [2.75, 3.05) is 7.11 Å². The lowest BCUT2D eigenvalue weighted by molar-refractivity contribution is -0.141. The van der Waals surface area contributed by atoms with Gasteiger partial charge in [-0.3, -0.25) is 4.79 Å². The van der Waals surface area contributed by atoms with E-state index in [0.717, 1.165) is 7.11 Å². The topological polar surface area (TPSA) is 39.2 Å². The molecule has 0 aliphatic carbocycles. The van der Waals surface area contributed by atoms with Crippen LogP contribution in [0.4, 0.5) is 22.0 Å². The average molecular weight is 255 g/mol. The summed E-state index contributed by atoms with van der Waals surface area (Å²) in [4.78, 5) is 13.5. The van der Waals surface area contributed by atoms with Crippen LogP contribution in [0.15, 0.2) is 6.07 Å². The third kappa shape index (κ3) is 2.69. The normalized spacial score (nSPS) is 11.7. The van der Waals surface area contributed by atoms with E-state index in [1.54, 1.807) is 0 Å². The highest BCUT2D eigenvalue weighted by molar-refractivity contribution is 5.73. The van der Waals surface area contributed by atoms with Gasteiger partial charge < -0.3 is 4.74 Å². The summed E-state index contributed by atoms with van der Waals surface area (Å²) in [5, 5.41) is 0. The van der Waals surface area contributed by atoms with Gasteiger partial charge in [0.2, 0.25) is 5.88 Å². The Morgan fingerprint density at radius 2 is 2.00 bits per heavy atom. The molecule has 1 heterocycles. The molecule has 1 aromatic rings. The number of alkyl halides is 5. The summed E-state index contributed by atoms with van der Waals surface area (Å²) in [6, 6.07) is 0.392. The number of pyridine rings is 1. The molecule has 0 N–H and O–H groups in total. The predicted molar refractivity (Wildman–Crippen MR) is 46.1 cm³/mol. The van der Waals surface area contributed by atoms with Crippen molar-refractivity contribution in [1.82, 2.24) is 4.98 Å². The SMILES string of the molecule is COc1nc(C=O)cc(C(F)F)c1C(F)(F)F. The molecule has 0 radical (unpaired) electrons. The van der Waals surface area contributed by atoms with Crippen LogP contribution >= 0.6 is 0 Å². The van der Waals surface area contributed by atoms with Gasteiger partial charge in [0.25, 0.3) is 6.43 Å². The van der Waals surface area contributed by atoms with Crippen molar-refractivity contribution >= 4 is 6.29 Å². The molecule has 0 aliphatic heterocycles. The summed E-state index contributed by atoms with van der Waals surface area (Å²) in [5.41, 5.74) is -3.54. The van der Waals surface area contributed by atoms with Gasteiger partial charge in [-0.25, -0.2) is 13.8 Å². The molecule has 0 saturated heterocycles. The van der Waals surface area contributed by atoms with E-state index < -0.39 is 35.3 Å². The lowest BCUT2D eigenvalue weighted by Crippen LogP contribution is -2.14. The Hall–Kier alpha value is -1.73. The smallest absolute Gasteiger partial charge is 0.422 e. The fourth-order valence-corrected chi connectivity index (χ4v) is 1.23. The van der Waals surface area contributed by atoms with Crippen LogP contribution in [-0.4, -0.2) is 18.4 Å². The van der Waals surface area contributed by atoms with Gasteiger partial charge in [-0.2, -0.15) is 13.2 Å². The van der Waals surface area contributed by atoms with Crippen molar-refractivity contribution in [3.63, 3.8) is 0 Å². The third-order valence-electron chi connectivity index (χ3n) is 1.87. The maximum absolute atomic E-state index is 12.6. The molecule has 3 nitrogen and oxygen atoms in total. The van der Waals surface area contributed by atoms with E-state index in [1.807, 2.05) is 0 Å². The molecule has 1 rings (SSSR count). The number of ether oxygens (including phenoxy) is 1. The molecule has 0 unspecified atom stereocenters. The molecule has 1 aromatic heterocycles. The lowest BCUT2D eigenvalue weighted by atomic mass is 10.1. The zero-order valence-corrected chi connectivity index (χ0v) is 8.39. The molecule has 0 aromatic carbocycles. The van der Waals surface area contributed by atoms with E-state index in [-0.39, 0.29) is 6.29 Å². The summed E-state index contributed by atoms with van der Waals surface area (Å²) in [6.45, 7) is 0. The minimum atomic E-state index is -5.04. The first-order valence-corrected chi connectivity index (χ1v) is 4.20. The first kappa shape index (κ1) is 13.3. The van der Waals surface area contributed by atoms with Gasteiger partial charge in [-0.15, -0.1) is 0 Å². The van der Waals surface area contributed by atoms with Gasteiger partial charge in [0.05, 0.1) is 7.11 Å². The quantitative estimate of drug-likeness (QED) is 0.615. The Balaban J connectivity index is 3.58. The Kier molecular flexibility index (Phi) is 3.64. The molecule has 0 fully saturated rings. The molecular formula is C9H6F5NO2. The van der Waals surface area contributed by atoms with Crippen LogP contribution in [-0.2, 0) is 6.18 Å². The zero-order chi connectivity index (χ0) is 13.2. The van der Waals surface area contributed by atoms with Gasteiger partial charge in [0, 0.05) is 5.56 Å². The maximum Gasteiger partial charge on any atom is 0.422 e. The Bertz CT molecular complexity index is 430. The van der Waals surface area contributed by atoms with E-state index >= 15 is 0 Å². The van der Waals surface area contributed by atoms with Crippen LogP contribution in [0, 0.1) is 0 Å². The fraction of sp³-hybridized carbons (Fsp3) is 0.333. The molecule has 8 heteroatoms. The molecule has 94 valence electrons. The number of aromatic nitrogens is 1. The monoisotopic (exact) mass is 255 g/mol. The van der Waals surface area contributed by atoms with Crippen molar-refractivity contribution in [2.45, 2.75) is 12.6 Å². The van der Waals surface area contributed by atoms with Crippen LogP contribution in [0.1, 0.15) is 28.0 Å². The van der Waals surface area contributed by atoms with Crippen molar-refractivity contribution in [1.29, 1.82) is 0 Å². The van der Waals surface area contributed by atoms with Crippen LogP contribution in [0.5, 0.6) is 5.88 Å². The second-order valence-corrected chi connectivity index (χ2v) is 2.94. The van der Waals surface area contributed by atoms with Crippen LogP contribution in [0.25, 0.3) is 0 Å². The molecule has 0 spiro atoms. The molecular weight excluding hydrogens is 249 g/mol. The number of halogens is 5. The lowest BCUT2D eigenvalue weighted by Gasteiger charge is -2.15. The van der Waals surface area contributed by atoms with Crippen molar-refractivity contribution in [3.8, 4) is 5.88 Å². The number of carbonyl (C=O) groups excluding carboxylic acids is 1. The first-order valence-electron chi connectivity index (χ1n) is 4.20. The second kappa shape index (κ2) is 4.64. The third-order valence-corrected chi connectivity index (χ3v) is 1.87. The van der Waals surface area contributed by atoms with E-state index in [1.165, 1.54) is 0 Å². The van der Waals surface area contributed by atoms with E-state index in [4.69, 9.17) is 0 Å². The van der Waals surface area contributed by atoms with Gasteiger partial charge >= 0.3 is 6.18 Å². The number of carbonyl (C=O) groups is 1. The van der Waals surface area contributed by atoms with Gasteiger partial charge in [0.1, 0.15) is 11.3 Å². The van der Waals surface area contributed by atoms with Gasteiger partial charge in [-0.1, -0.05) is 0 Å². The van der Waals surface area contributed by atoms with Crippen molar-refractivity contribution < 1.29 is 31.5 Å². The van der Waals surface area contributed by atoms with Gasteiger partial charge in [-0.05, 0) is 6.07 Å². The summed E-state index contributed by atoms with van der Waals surface area (Å²) in [6.07, 6.45) is -8.36. The molecule has 17 heavy (non-hydrogen) atoms. The summed E-state index contributed by atoms with van der Waals surface area (Å²) >= 11 is 0. The largest absolute Gasteiger partial charge is 0.481 e. The van der Waals surface area contributed by atoms with Crippen LogP contribution < -0.4 is 4.74 Å². The minimum Gasteiger partial charge on any atom is -0.481 e. The second-order valence-electron chi connectivity index (χ2n) is 2.94. The minimum absolute atomic E-state index is 0.0640. The fourth-order valence-electron chi connectivity index (χ4n) is 1.23. The molecule has 0 bridgehead atoms. The predicted octanol–water partition coefficient (Wildman–Crippen LogP) is 2.86. The van der Waals surface area contributed by atoms with E-state index in [0.29, 0.717) is 6.07 Å². The highest BCUT2D eigenvalue weighted by Crippen LogP contribution is 2.41. The zero-order valence-electron chi connectivity index (χ0n) is 8.39.